The van der Waals surface area contributed by atoms with E-state index in [1.807, 2.05) is 5.38 Å². The highest BCUT2D eigenvalue weighted by Gasteiger charge is 2.32. The first kappa shape index (κ1) is 22.0. The van der Waals surface area contributed by atoms with Crippen molar-refractivity contribution in [2.75, 3.05) is 13.1 Å². The molecule has 2 amide bonds. The number of hydrogen-bond acceptors (Lipinski definition) is 5. The molecule has 0 radical (unpaired) electrons. The summed E-state index contributed by atoms with van der Waals surface area (Å²) in [7, 11) is 0. The van der Waals surface area contributed by atoms with Crippen molar-refractivity contribution in [1.82, 2.24) is 25.0 Å². The van der Waals surface area contributed by atoms with Crippen LogP contribution in [0.25, 0.3) is 16.4 Å². The van der Waals surface area contributed by atoms with Gasteiger partial charge in [0.1, 0.15) is 0 Å². The van der Waals surface area contributed by atoms with E-state index in [4.69, 9.17) is 0 Å². The van der Waals surface area contributed by atoms with Gasteiger partial charge in [0, 0.05) is 26.1 Å². The third-order valence-corrected chi connectivity index (χ3v) is 6.01. The van der Waals surface area contributed by atoms with E-state index in [0.717, 1.165) is 12.1 Å². The third-order valence-electron chi connectivity index (χ3n) is 5.15. The van der Waals surface area contributed by atoms with Crippen LogP contribution >= 0.6 is 11.3 Å². The number of nitrogens with one attached hydrogen (secondary N) is 1. The normalized spacial score (nSPS) is 15.1. The minimum Gasteiger partial charge on any atom is -0.353 e. The van der Waals surface area contributed by atoms with Crippen molar-refractivity contribution >= 4 is 23.2 Å². The first-order valence-electron chi connectivity index (χ1n) is 9.97. The predicted molar refractivity (Wildman–Crippen MR) is 112 cm³/mol. The second-order valence-electron chi connectivity index (χ2n) is 7.46. The fourth-order valence-corrected chi connectivity index (χ4v) is 4.32. The van der Waals surface area contributed by atoms with Crippen molar-refractivity contribution < 1.29 is 22.8 Å². The van der Waals surface area contributed by atoms with Crippen LogP contribution in [0.5, 0.6) is 0 Å². The lowest BCUT2D eigenvalue weighted by Gasteiger charge is -2.31. The molecule has 1 aromatic carbocycles. The molecule has 32 heavy (non-hydrogen) atoms. The topological polar surface area (TPSA) is 80.1 Å². The summed E-state index contributed by atoms with van der Waals surface area (Å²) in [5.41, 5.74) is -0.644. The van der Waals surface area contributed by atoms with E-state index in [9.17, 15) is 22.8 Å². The van der Waals surface area contributed by atoms with E-state index in [1.165, 1.54) is 35.1 Å². The molecule has 3 heterocycles. The number of alkyl halides is 3. The molecule has 0 atom stereocenters. The number of halogens is 3. The van der Waals surface area contributed by atoms with Crippen LogP contribution in [0.3, 0.4) is 0 Å². The Morgan fingerprint density at radius 1 is 1.16 bits per heavy atom. The van der Waals surface area contributed by atoms with Crippen LogP contribution in [0.4, 0.5) is 13.2 Å². The van der Waals surface area contributed by atoms with E-state index in [1.54, 1.807) is 17.0 Å². The van der Waals surface area contributed by atoms with Gasteiger partial charge in [0.25, 0.3) is 5.91 Å². The molecule has 2 aromatic heterocycles. The second kappa shape index (κ2) is 8.73. The predicted octanol–water partition coefficient (Wildman–Crippen LogP) is 3.76. The molecule has 11 heteroatoms. The Balaban J connectivity index is 1.64. The fraction of sp³-hybridized carbons (Fsp3) is 0.333. The smallest absolute Gasteiger partial charge is 0.353 e. The lowest BCUT2D eigenvalue weighted by molar-refractivity contribution is -0.137. The van der Waals surface area contributed by atoms with Gasteiger partial charge in [-0.1, -0.05) is 12.1 Å². The number of hydrogen-bond donors (Lipinski definition) is 1. The number of likely N-dealkylation sites (tertiary alicyclic amines) is 1. The highest BCUT2D eigenvalue weighted by atomic mass is 32.1. The minimum atomic E-state index is -4.50. The zero-order chi connectivity index (χ0) is 22.9. The van der Waals surface area contributed by atoms with Crippen LogP contribution in [-0.4, -0.2) is 50.6 Å². The average Bonchev–Trinajstić information content (AvgIpc) is 3.43. The summed E-state index contributed by atoms with van der Waals surface area (Å²) in [6, 6.07) is 8.33. The first-order chi connectivity index (χ1) is 15.2. The zero-order valence-electron chi connectivity index (χ0n) is 17.1. The van der Waals surface area contributed by atoms with Gasteiger partial charge in [-0.15, -0.1) is 16.4 Å². The molecule has 0 unspecified atom stereocenters. The van der Waals surface area contributed by atoms with Crippen LogP contribution < -0.4 is 5.32 Å². The monoisotopic (exact) mass is 463 g/mol. The Morgan fingerprint density at radius 3 is 2.53 bits per heavy atom. The Hall–Kier alpha value is -3.21. The summed E-state index contributed by atoms with van der Waals surface area (Å²) in [5, 5.41) is 8.95. The summed E-state index contributed by atoms with van der Waals surface area (Å²) < 4.78 is 40.9. The standard InChI is InChI=1S/C21H20F3N5O2S/c1-13(30)25-15-7-9-28(10-8-15)20(31)18-26-19(17-6-3-11-32-17)29(27-18)16-5-2-4-14(12-16)21(22,23)24/h2-6,11-12,15H,7-10H2,1H3,(H,25,30). The van der Waals surface area contributed by atoms with Crippen LogP contribution in [0.15, 0.2) is 41.8 Å². The van der Waals surface area contributed by atoms with Crippen molar-refractivity contribution in [2.45, 2.75) is 32.0 Å². The molecule has 1 saturated heterocycles. The highest BCUT2D eigenvalue weighted by Crippen LogP contribution is 2.32. The van der Waals surface area contributed by atoms with Crippen molar-refractivity contribution in [1.29, 1.82) is 0 Å². The molecule has 1 aliphatic rings. The summed E-state index contributed by atoms with van der Waals surface area (Å²) in [6.07, 6.45) is -3.29. The number of nitrogens with zero attached hydrogens (tertiary/aromatic N) is 4. The van der Waals surface area contributed by atoms with Gasteiger partial charge < -0.3 is 10.2 Å². The number of aromatic nitrogens is 3. The number of thiophene rings is 1. The molecular weight excluding hydrogens is 443 g/mol. The summed E-state index contributed by atoms with van der Waals surface area (Å²) in [6.45, 7) is 2.31. The Morgan fingerprint density at radius 2 is 1.91 bits per heavy atom. The van der Waals surface area contributed by atoms with E-state index in [0.29, 0.717) is 36.6 Å². The number of benzene rings is 1. The molecule has 3 aromatic rings. The van der Waals surface area contributed by atoms with E-state index < -0.39 is 17.6 Å². The number of carbonyl (C=O) groups excluding carboxylic acids is 2. The highest BCUT2D eigenvalue weighted by molar-refractivity contribution is 7.13. The molecule has 0 spiro atoms. The van der Waals surface area contributed by atoms with Gasteiger partial charge in [0.15, 0.2) is 5.82 Å². The number of piperidine rings is 1. The second-order valence-corrected chi connectivity index (χ2v) is 8.41. The molecule has 1 fully saturated rings. The van der Waals surface area contributed by atoms with Gasteiger partial charge in [0.05, 0.1) is 16.1 Å². The lowest BCUT2D eigenvalue weighted by atomic mass is 10.0. The van der Waals surface area contributed by atoms with Crippen LogP contribution in [0.2, 0.25) is 0 Å². The zero-order valence-corrected chi connectivity index (χ0v) is 17.9. The molecule has 168 valence electrons. The van der Waals surface area contributed by atoms with Gasteiger partial charge in [-0.05, 0) is 42.5 Å². The lowest BCUT2D eigenvalue weighted by Crippen LogP contribution is -2.46. The third kappa shape index (κ3) is 4.67. The maximum absolute atomic E-state index is 13.2. The molecule has 4 rings (SSSR count). The number of carbonyl (C=O) groups is 2. The van der Waals surface area contributed by atoms with Crippen molar-refractivity contribution in [3.63, 3.8) is 0 Å². The summed E-state index contributed by atoms with van der Waals surface area (Å²) in [5.74, 6) is -0.286. The van der Waals surface area contributed by atoms with Crippen LogP contribution in [0, 0.1) is 0 Å². The minimum absolute atomic E-state index is 0.00820. The average molecular weight is 463 g/mol. The maximum Gasteiger partial charge on any atom is 0.416 e. The first-order valence-corrected chi connectivity index (χ1v) is 10.9. The van der Waals surface area contributed by atoms with Gasteiger partial charge in [-0.3, -0.25) is 9.59 Å². The Kier molecular flexibility index (Phi) is 6.00. The molecule has 0 saturated carbocycles. The maximum atomic E-state index is 13.2. The van der Waals surface area contributed by atoms with Gasteiger partial charge in [-0.2, -0.15) is 13.2 Å². The van der Waals surface area contributed by atoms with Crippen molar-refractivity contribution in [2.24, 2.45) is 0 Å². The SMILES string of the molecule is CC(=O)NC1CCN(C(=O)c2nc(-c3cccs3)n(-c3cccc(C(F)(F)F)c3)n2)CC1. The molecule has 0 aliphatic carbocycles. The van der Waals surface area contributed by atoms with Gasteiger partial charge >= 0.3 is 6.18 Å². The largest absolute Gasteiger partial charge is 0.416 e. The molecule has 7 nitrogen and oxygen atoms in total. The molecular formula is C21H20F3N5O2S. The molecule has 1 N–H and O–H groups in total. The number of amides is 2. The quantitative estimate of drug-likeness (QED) is 0.639. The van der Waals surface area contributed by atoms with E-state index in [2.05, 4.69) is 15.4 Å². The van der Waals surface area contributed by atoms with Gasteiger partial charge in [-0.25, -0.2) is 9.67 Å². The van der Waals surface area contributed by atoms with Crippen LogP contribution in [0.1, 0.15) is 35.9 Å². The van der Waals surface area contributed by atoms with Crippen molar-refractivity contribution in [3.8, 4) is 16.4 Å². The molecule has 0 bridgehead atoms. The van der Waals surface area contributed by atoms with Crippen LogP contribution in [-0.2, 0) is 11.0 Å². The fourth-order valence-electron chi connectivity index (χ4n) is 3.62. The summed E-state index contributed by atoms with van der Waals surface area (Å²) >= 11 is 1.35. The molecule has 1 aliphatic heterocycles. The summed E-state index contributed by atoms with van der Waals surface area (Å²) in [4.78, 5) is 30.9. The van der Waals surface area contributed by atoms with Gasteiger partial charge in [0.2, 0.25) is 11.7 Å². The van der Waals surface area contributed by atoms with E-state index in [-0.39, 0.29) is 23.5 Å². The van der Waals surface area contributed by atoms with Crippen molar-refractivity contribution in [3.05, 3.63) is 53.2 Å². The Labute approximate surface area is 185 Å². The Bertz CT molecular complexity index is 1120. The number of rotatable bonds is 4. The van der Waals surface area contributed by atoms with E-state index >= 15 is 0 Å².